The molecule has 0 aromatic heterocycles. The zero-order valence-corrected chi connectivity index (χ0v) is 15.3. The Morgan fingerprint density at radius 2 is 1.68 bits per heavy atom. The first-order chi connectivity index (χ1) is 12.0. The van der Waals surface area contributed by atoms with Crippen molar-refractivity contribution in [3.8, 4) is 23.3 Å². The summed E-state index contributed by atoms with van der Waals surface area (Å²) in [5, 5.41) is 9.17. The first-order valence-electron chi connectivity index (χ1n) is 8.45. The van der Waals surface area contributed by atoms with Gasteiger partial charge in [-0.1, -0.05) is 39.0 Å². The van der Waals surface area contributed by atoms with Gasteiger partial charge >= 0.3 is 0 Å². The highest BCUT2D eigenvalue weighted by Crippen LogP contribution is 2.30. The fourth-order valence-corrected chi connectivity index (χ4v) is 2.42. The monoisotopic (exact) mass is 339 g/mol. The molecule has 0 fully saturated rings. The smallest absolute Gasteiger partial charge is 0.179 e. The van der Waals surface area contributed by atoms with E-state index in [4.69, 9.17) is 19.5 Å². The average molecular weight is 339 g/mol. The molecule has 2 aromatic carbocycles. The van der Waals surface area contributed by atoms with Crippen molar-refractivity contribution in [2.24, 2.45) is 0 Å². The predicted octanol–water partition coefficient (Wildman–Crippen LogP) is 4.71. The van der Waals surface area contributed by atoms with E-state index >= 15 is 0 Å². The zero-order valence-electron chi connectivity index (χ0n) is 15.3. The molecular formula is C21H25NO3. The zero-order chi connectivity index (χ0) is 18.3. The van der Waals surface area contributed by atoms with Crippen LogP contribution in [0.3, 0.4) is 0 Å². The Hall–Kier alpha value is -2.67. The van der Waals surface area contributed by atoms with Crippen LogP contribution in [0.4, 0.5) is 0 Å². The number of benzene rings is 2. The lowest BCUT2D eigenvalue weighted by Gasteiger charge is -2.23. The molecule has 25 heavy (non-hydrogen) atoms. The van der Waals surface area contributed by atoms with Crippen molar-refractivity contribution >= 4 is 0 Å². The van der Waals surface area contributed by atoms with Crippen LogP contribution in [0, 0.1) is 11.3 Å². The summed E-state index contributed by atoms with van der Waals surface area (Å²) in [6.45, 7) is 7.37. The van der Waals surface area contributed by atoms with Gasteiger partial charge in [0.05, 0.1) is 12.7 Å². The molecule has 0 aliphatic rings. The molecule has 0 heterocycles. The van der Waals surface area contributed by atoms with Gasteiger partial charge in [0.2, 0.25) is 0 Å². The van der Waals surface area contributed by atoms with Gasteiger partial charge < -0.3 is 14.2 Å². The first kappa shape index (κ1) is 18.7. The molecule has 4 heteroatoms. The van der Waals surface area contributed by atoms with Crippen LogP contribution in [0.1, 0.15) is 38.3 Å². The summed E-state index contributed by atoms with van der Waals surface area (Å²) < 4.78 is 16.7. The molecule has 2 rings (SSSR count). The van der Waals surface area contributed by atoms with Gasteiger partial charge in [-0.25, -0.2) is 0 Å². The number of methoxy groups -OCH3 is 1. The summed E-state index contributed by atoms with van der Waals surface area (Å²) in [6.07, 6.45) is 1.08. The maximum atomic E-state index is 9.17. The van der Waals surface area contributed by atoms with E-state index in [1.54, 1.807) is 25.3 Å². The van der Waals surface area contributed by atoms with Crippen molar-refractivity contribution in [1.29, 1.82) is 5.26 Å². The van der Waals surface area contributed by atoms with Crippen molar-refractivity contribution in [2.75, 3.05) is 20.3 Å². The highest BCUT2D eigenvalue weighted by atomic mass is 16.5. The third-order valence-corrected chi connectivity index (χ3v) is 4.44. The Labute approximate surface area is 150 Å². The molecular weight excluding hydrogens is 314 g/mol. The van der Waals surface area contributed by atoms with Crippen LogP contribution < -0.4 is 14.2 Å². The minimum absolute atomic E-state index is 0.166. The minimum Gasteiger partial charge on any atom is -0.493 e. The Balaban J connectivity index is 1.91. The number of para-hydroxylation sites is 1. The molecule has 0 atom stereocenters. The number of rotatable bonds is 8. The van der Waals surface area contributed by atoms with Crippen LogP contribution in [0.2, 0.25) is 0 Å². The van der Waals surface area contributed by atoms with Gasteiger partial charge in [0.1, 0.15) is 25.0 Å². The third-order valence-electron chi connectivity index (χ3n) is 4.44. The van der Waals surface area contributed by atoms with E-state index in [1.807, 2.05) is 12.1 Å². The highest BCUT2D eigenvalue weighted by Gasteiger charge is 2.17. The SMILES string of the molecule is CCC(C)(C)c1ccc(OCCOc2c(C#N)cccc2OC)cc1. The Kier molecular flexibility index (Phi) is 6.30. The fraction of sp³-hybridized carbons (Fsp3) is 0.381. The second-order valence-electron chi connectivity index (χ2n) is 6.41. The molecule has 0 aliphatic heterocycles. The van der Waals surface area contributed by atoms with E-state index in [0.717, 1.165) is 12.2 Å². The fourth-order valence-electron chi connectivity index (χ4n) is 2.42. The van der Waals surface area contributed by atoms with Gasteiger partial charge in [0, 0.05) is 0 Å². The van der Waals surface area contributed by atoms with E-state index in [9.17, 15) is 0 Å². The second-order valence-corrected chi connectivity index (χ2v) is 6.41. The predicted molar refractivity (Wildman–Crippen MR) is 98.5 cm³/mol. The molecule has 0 saturated heterocycles. The lowest BCUT2D eigenvalue weighted by molar-refractivity contribution is 0.211. The summed E-state index contributed by atoms with van der Waals surface area (Å²) in [4.78, 5) is 0. The van der Waals surface area contributed by atoms with E-state index in [1.165, 1.54) is 5.56 Å². The van der Waals surface area contributed by atoms with Crippen LogP contribution >= 0.6 is 0 Å². The Bertz CT molecular complexity index is 730. The van der Waals surface area contributed by atoms with E-state index in [0.29, 0.717) is 30.3 Å². The van der Waals surface area contributed by atoms with E-state index in [2.05, 4.69) is 39.0 Å². The van der Waals surface area contributed by atoms with Crippen LogP contribution in [-0.4, -0.2) is 20.3 Å². The third kappa shape index (κ3) is 4.67. The number of nitrogens with zero attached hydrogens (tertiary/aromatic N) is 1. The van der Waals surface area contributed by atoms with Crippen molar-refractivity contribution in [1.82, 2.24) is 0 Å². The van der Waals surface area contributed by atoms with Crippen LogP contribution in [0.5, 0.6) is 17.2 Å². The largest absolute Gasteiger partial charge is 0.493 e. The molecule has 4 nitrogen and oxygen atoms in total. The molecule has 0 amide bonds. The van der Waals surface area contributed by atoms with Crippen LogP contribution in [-0.2, 0) is 5.41 Å². The van der Waals surface area contributed by atoms with E-state index in [-0.39, 0.29) is 5.41 Å². The average Bonchev–Trinajstić information content (AvgIpc) is 2.65. The molecule has 0 aliphatic carbocycles. The molecule has 0 saturated carbocycles. The van der Waals surface area contributed by atoms with Gasteiger partial charge in [-0.2, -0.15) is 5.26 Å². The van der Waals surface area contributed by atoms with Gasteiger partial charge in [0.15, 0.2) is 11.5 Å². The molecule has 0 spiro atoms. The van der Waals surface area contributed by atoms with Crippen molar-refractivity contribution < 1.29 is 14.2 Å². The van der Waals surface area contributed by atoms with Gasteiger partial charge in [0.25, 0.3) is 0 Å². The summed E-state index contributed by atoms with van der Waals surface area (Å²) in [5.74, 6) is 1.81. The molecule has 0 radical (unpaired) electrons. The van der Waals surface area contributed by atoms with Crippen molar-refractivity contribution in [3.63, 3.8) is 0 Å². The lowest BCUT2D eigenvalue weighted by atomic mass is 9.82. The normalized spacial score (nSPS) is 10.8. The Morgan fingerprint density at radius 3 is 2.28 bits per heavy atom. The maximum absolute atomic E-state index is 9.17. The number of ether oxygens (including phenoxy) is 3. The summed E-state index contributed by atoms with van der Waals surface area (Å²) in [7, 11) is 1.55. The summed E-state index contributed by atoms with van der Waals surface area (Å²) in [5.41, 5.74) is 1.91. The summed E-state index contributed by atoms with van der Waals surface area (Å²) in [6, 6.07) is 15.5. The second kappa shape index (κ2) is 8.43. The molecule has 132 valence electrons. The molecule has 2 aromatic rings. The van der Waals surface area contributed by atoms with Crippen molar-refractivity contribution in [2.45, 2.75) is 32.6 Å². The number of hydrogen-bond donors (Lipinski definition) is 0. The highest BCUT2D eigenvalue weighted by molar-refractivity contribution is 5.52. The molecule has 0 N–H and O–H groups in total. The number of nitriles is 1. The number of hydrogen-bond acceptors (Lipinski definition) is 4. The minimum atomic E-state index is 0.166. The van der Waals surface area contributed by atoms with Gasteiger partial charge in [-0.3, -0.25) is 0 Å². The van der Waals surface area contributed by atoms with E-state index < -0.39 is 0 Å². The summed E-state index contributed by atoms with van der Waals surface area (Å²) >= 11 is 0. The van der Waals surface area contributed by atoms with Gasteiger partial charge in [-0.05, 0) is 41.7 Å². The Morgan fingerprint density at radius 1 is 1.00 bits per heavy atom. The van der Waals surface area contributed by atoms with Gasteiger partial charge in [-0.15, -0.1) is 0 Å². The van der Waals surface area contributed by atoms with Crippen LogP contribution in [0.15, 0.2) is 42.5 Å². The molecule has 0 unspecified atom stereocenters. The topological polar surface area (TPSA) is 51.5 Å². The maximum Gasteiger partial charge on any atom is 0.179 e. The lowest BCUT2D eigenvalue weighted by Crippen LogP contribution is -2.15. The van der Waals surface area contributed by atoms with Crippen LogP contribution in [0.25, 0.3) is 0 Å². The standard InChI is InChI=1S/C21H25NO3/c1-5-21(2,3)17-9-11-18(12-10-17)24-13-14-25-20-16(15-22)7-6-8-19(20)23-4/h6-12H,5,13-14H2,1-4H3. The first-order valence-corrected chi connectivity index (χ1v) is 8.45. The molecule has 0 bridgehead atoms. The van der Waals surface area contributed by atoms with Crippen molar-refractivity contribution in [3.05, 3.63) is 53.6 Å². The quantitative estimate of drug-likeness (QED) is 0.653.